The molecule has 0 aliphatic carbocycles. The van der Waals surface area contributed by atoms with Gasteiger partial charge in [0.1, 0.15) is 5.56 Å². The number of thiazole rings is 1. The maximum atomic E-state index is 12.3. The van der Waals surface area contributed by atoms with Gasteiger partial charge in [-0.25, -0.2) is 4.98 Å². The van der Waals surface area contributed by atoms with Crippen molar-refractivity contribution in [3.8, 4) is 0 Å². The van der Waals surface area contributed by atoms with Crippen molar-refractivity contribution in [3.63, 3.8) is 0 Å². The molecule has 0 spiro atoms. The summed E-state index contributed by atoms with van der Waals surface area (Å²) in [6.07, 6.45) is 4.02. The average Bonchev–Trinajstić information content (AvgIpc) is 3.23. The molecule has 4 rings (SSSR count). The van der Waals surface area contributed by atoms with E-state index < -0.39 is 0 Å². The third-order valence-corrected chi connectivity index (χ3v) is 5.01. The summed E-state index contributed by atoms with van der Waals surface area (Å²) in [5.41, 5.74) is 2.32. The lowest BCUT2D eigenvalue weighted by atomic mass is 10.2. The van der Waals surface area contributed by atoms with Gasteiger partial charge in [0.05, 0.1) is 0 Å². The van der Waals surface area contributed by atoms with Gasteiger partial charge in [0.25, 0.3) is 11.5 Å². The number of amides is 1. The standard InChI is InChI=1S/C17H16N4O2S/c22-15(13-11-19-17-21(16(13)23)9-10-24-17)18-6-8-20-7-5-12-3-1-2-4-14(12)20/h1-4,9-11H,5-8H2,(H,18,22). The van der Waals surface area contributed by atoms with Crippen molar-refractivity contribution in [1.82, 2.24) is 14.7 Å². The normalized spacial score (nSPS) is 13.2. The lowest BCUT2D eigenvalue weighted by molar-refractivity contribution is 0.0952. The number of anilines is 1. The highest BCUT2D eigenvalue weighted by molar-refractivity contribution is 7.15. The van der Waals surface area contributed by atoms with Gasteiger partial charge in [0.2, 0.25) is 0 Å². The van der Waals surface area contributed by atoms with Gasteiger partial charge in [0.15, 0.2) is 4.96 Å². The fourth-order valence-corrected chi connectivity index (χ4v) is 3.69. The van der Waals surface area contributed by atoms with E-state index in [9.17, 15) is 9.59 Å². The van der Waals surface area contributed by atoms with Gasteiger partial charge in [-0.05, 0) is 18.1 Å². The van der Waals surface area contributed by atoms with Gasteiger partial charge in [-0.15, -0.1) is 11.3 Å². The molecule has 0 saturated heterocycles. The molecule has 3 aromatic rings. The highest BCUT2D eigenvalue weighted by atomic mass is 32.1. The molecule has 0 atom stereocenters. The van der Waals surface area contributed by atoms with Crippen LogP contribution in [0.25, 0.3) is 4.96 Å². The molecule has 0 saturated carbocycles. The van der Waals surface area contributed by atoms with E-state index in [1.54, 1.807) is 11.6 Å². The van der Waals surface area contributed by atoms with Crippen LogP contribution in [0, 0.1) is 0 Å². The number of carbonyl (C=O) groups excluding carboxylic acids is 1. The average molecular weight is 340 g/mol. The number of nitrogens with zero attached hydrogens (tertiary/aromatic N) is 3. The molecule has 0 radical (unpaired) electrons. The molecule has 24 heavy (non-hydrogen) atoms. The van der Waals surface area contributed by atoms with Crippen LogP contribution >= 0.6 is 11.3 Å². The number of hydrogen-bond donors (Lipinski definition) is 1. The number of para-hydroxylation sites is 1. The summed E-state index contributed by atoms with van der Waals surface area (Å²) in [5, 5.41) is 4.60. The van der Waals surface area contributed by atoms with Gasteiger partial charge >= 0.3 is 0 Å². The predicted molar refractivity (Wildman–Crippen MR) is 94.0 cm³/mol. The number of fused-ring (bicyclic) bond motifs is 2. The van der Waals surface area contributed by atoms with Crippen molar-refractivity contribution in [3.05, 3.63) is 63.5 Å². The van der Waals surface area contributed by atoms with Gasteiger partial charge in [0, 0.05) is 43.1 Å². The van der Waals surface area contributed by atoms with E-state index in [-0.39, 0.29) is 17.0 Å². The molecule has 1 amide bonds. The van der Waals surface area contributed by atoms with E-state index in [0.717, 1.165) is 19.5 Å². The molecule has 1 aliphatic heterocycles. The molecule has 7 heteroatoms. The second-order valence-electron chi connectivity index (χ2n) is 5.65. The molecule has 1 aromatic carbocycles. The lowest BCUT2D eigenvalue weighted by Gasteiger charge is -2.19. The molecular weight excluding hydrogens is 324 g/mol. The first-order chi connectivity index (χ1) is 11.7. The Labute approximate surface area is 142 Å². The van der Waals surface area contributed by atoms with Gasteiger partial charge in [-0.3, -0.25) is 14.0 Å². The first kappa shape index (κ1) is 14.9. The van der Waals surface area contributed by atoms with Crippen LogP contribution in [0.5, 0.6) is 0 Å². The zero-order chi connectivity index (χ0) is 16.5. The largest absolute Gasteiger partial charge is 0.369 e. The van der Waals surface area contributed by atoms with Crippen molar-refractivity contribution < 1.29 is 4.79 Å². The van der Waals surface area contributed by atoms with E-state index >= 15 is 0 Å². The molecule has 0 fully saturated rings. The predicted octanol–water partition coefficient (Wildman–Crippen LogP) is 1.55. The number of carbonyl (C=O) groups is 1. The van der Waals surface area contributed by atoms with E-state index in [1.807, 2.05) is 12.1 Å². The summed E-state index contributed by atoms with van der Waals surface area (Å²) in [6, 6.07) is 8.31. The minimum atomic E-state index is -0.374. The molecule has 1 N–H and O–H groups in total. The minimum absolute atomic E-state index is 0.0766. The number of benzene rings is 1. The van der Waals surface area contributed by atoms with Crippen LogP contribution in [0.1, 0.15) is 15.9 Å². The van der Waals surface area contributed by atoms with E-state index in [1.165, 1.54) is 33.2 Å². The molecule has 0 unspecified atom stereocenters. The Morgan fingerprint density at radius 2 is 2.21 bits per heavy atom. The monoisotopic (exact) mass is 340 g/mol. The molecule has 0 bridgehead atoms. The second kappa shape index (κ2) is 6.09. The van der Waals surface area contributed by atoms with Crippen LogP contribution in [0.3, 0.4) is 0 Å². The summed E-state index contributed by atoms with van der Waals surface area (Å²) in [5.74, 6) is -0.374. The Balaban J connectivity index is 1.42. The van der Waals surface area contributed by atoms with Crippen LogP contribution in [0.15, 0.2) is 46.8 Å². The summed E-state index contributed by atoms with van der Waals surface area (Å²) in [6.45, 7) is 2.16. The Kier molecular flexibility index (Phi) is 3.78. The maximum absolute atomic E-state index is 12.3. The number of rotatable bonds is 4. The summed E-state index contributed by atoms with van der Waals surface area (Å²) < 4.78 is 1.40. The number of hydrogen-bond acceptors (Lipinski definition) is 5. The fraction of sp³-hybridized carbons (Fsp3) is 0.235. The molecular formula is C17H16N4O2S. The fourth-order valence-electron chi connectivity index (χ4n) is 3.02. The molecule has 122 valence electrons. The lowest BCUT2D eigenvalue weighted by Crippen LogP contribution is -2.36. The van der Waals surface area contributed by atoms with Crippen LogP contribution in [0.4, 0.5) is 5.69 Å². The third-order valence-electron chi connectivity index (χ3n) is 4.24. The van der Waals surface area contributed by atoms with Gasteiger partial charge in [-0.1, -0.05) is 18.2 Å². The topological polar surface area (TPSA) is 66.7 Å². The molecule has 3 heterocycles. The first-order valence-corrected chi connectivity index (χ1v) is 8.68. The summed E-state index contributed by atoms with van der Waals surface area (Å²) >= 11 is 1.36. The third kappa shape index (κ3) is 2.56. The summed E-state index contributed by atoms with van der Waals surface area (Å²) in [7, 11) is 0. The zero-order valence-corrected chi connectivity index (χ0v) is 13.8. The van der Waals surface area contributed by atoms with Crippen molar-refractivity contribution >= 4 is 27.9 Å². The minimum Gasteiger partial charge on any atom is -0.369 e. The molecule has 1 aliphatic rings. The van der Waals surface area contributed by atoms with Crippen molar-refractivity contribution in [2.45, 2.75) is 6.42 Å². The Bertz CT molecular complexity index is 962. The highest BCUT2D eigenvalue weighted by Gasteiger charge is 2.18. The van der Waals surface area contributed by atoms with Gasteiger partial charge < -0.3 is 10.2 Å². The molecule has 6 nitrogen and oxygen atoms in total. The Morgan fingerprint density at radius 3 is 3.12 bits per heavy atom. The van der Waals surface area contributed by atoms with Gasteiger partial charge in [-0.2, -0.15) is 0 Å². The first-order valence-electron chi connectivity index (χ1n) is 7.80. The van der Waals surface area contributed by atoms with E-state index in [2.05, 4.69) is 27.3 Å². The van der Waals surface area contributed by atoms with E-state index in [4.69, 9.17) is 0 Å². The second-order valence-corrected chi connectivity index (χ2v) is 6.53. The zero-order valence-electron chi connectivity index (χ0n) is 12.9. The smallest absolute Gasteiger partial charge is 0.271 e. The van der Waals surface area contributed by atoms with Crippen molar-refractivity contribution in [1.29, 1.82) is 0 Å². The van der Waals surface area contributed by atoms with Crippen molar-refractivity contribution in [2.24, 2.45) is 0 Å². The van der Waals surface area contributed by atoms with Crippen LogP contribution in [0.2, 0.25) is 0 Å². The SMILES string of the molecule is O=C(NCCN1CCc2ccccc21)c1cnc2sccn2c1=O. The quantitative estimate of drug-likeness (QED) is 0.782. The van der Waals surface area contributed by atoms with Crippen LogP contribution < -0.4 is 15.8 Å². The van der Waals surface area contributed by atoms with Crippen LogP contribution in [-0.2, 0) is 6.42 Å². The van der Waals surface area contributed by atoms with Crippen molar-refractivity contribution in [2.75, 3.05) is 24.5 Å². The summed E-state index contributed by atoms with van der Waals surface area (Å²) in [4.78, 5) is 31.5. The Hall–Kier alpha value is -2.67. The highest BCUT2D eigenvalue weighted by Crippen LogP contribution is 2.26. The van der Waals surface area contributed by atoms with E-state index in [0.29, 0.717) is 11.5 Å². The number of nitrogens with one attached hydrogen (secondary N) is 1. The number of aromatic nitrogens is 2. The maximum Gasteiger partial charge on any atom is 0.271 e. The van der Waals surface area contributed by atoms with Crippen LogP contribution in [-0.4, -0.2) is 34.9 Å². The molecule has 2 aromatic heterocycles. The Morgan fingerprint density at radius 1 is 1.33 bits per heavy atom.